The fourth-order valence-electron chi connectivity index (χ4n) is 6.76. The molecule has 53 heavy (non-hydrogen) atoms. The lowest BCUT2D eigenvalue weighted by Gasteiger charge is -2.34. The maximum Gasteiger partial charge on any atom is 0.264 e. The average Bonchev–Trinajstić information content (AvgIpc) is 3.11. The van der Waals surface area contributed by atoms with Gasteiger partial charge in [0.05, 0.1) is 48.1 Å². The van der Waals surface area contributed by atoms with Crippen LogP contribution in [-0.2, 0) is 26.4 Å². The van der Waals surface area contributed by atoms with Crippen LogP contribution in [0.15, 0.2) is 21.9 Å². The number of carbonyl (C=O) groups excluding carboxylic acids is 5. The van der Waals surface area contributed by atoms with Crippen LogP contribution >= 0.6 is 0 Å². The van der Waals surface area contributed by atoms with Crippen LogP contribution in [0.2, 0.25) is 0 Å². The Morgan fingerprint density at radius 1 is 0.660 bits per heavy atom. The standard InChI is InChI=1S/C40H58N4O7S2/c1-8-10-12-14-16-18-22-52(50)29-25-28-32-31-27(35(45)43(21-20-42(6)7)37(47)33(29)31)24-30(53(51)23-19-17-15-13-11-9-2)34(32)38(48)44(36(28)46)26-41-39(49)40(3,4)5/h24-25H,8-23,26H2,1-7H3,(H,41,49). The number of carbonyl (C=O) groups is 5. The van der Waals surface area contributed by atoms with E-state index < -0.39 is 57.3 Å². The molecule has 0 bridgehead atoms. The van der Waals surface area contributed by atoms with Gasteiger partial charge in [-0.3, -0.25) is 42.2 Å². The van der Waals surface area contributed by atoms with Crippen molar-refractivity contribution in [2.24, 2.45) is 5.41 Å². The normalized spacial score (nSPS) is 15.5. The summed E-state index contributed by atoms with van der Waals surface area (Å²) in [5, 5.41) is 2.89. The highest BCUT2D eigenvalue weighted by molar-refractivity contribution is 7.85. The minimum Gasteiger partial charge on any atom is -0.338 e. The van der Waals surface area contributed by atoms with Crippen LogP contribution in [0, 0.1) is 5.41 Å². The SMILES string of the molecule is CCCCCCCCS(=O)c1cc2c3c(c(S(=O)CCCCCCCC)cc4c3c1C(=O)N(CCN(C)C)C4=O)C(=O)N(CNC(=O)C(C)(C)C)C2=O. The zero-order valence-electron chi connectivity index (χ0n) is 32.7. The molecule has 0 aliphatic carbocycles. The first-order valence-corrected chi connectivity index (χ1v) is 21.9. The number of benzene rings is 2. The van der Waals surface area contributed by atoms with E-state index in [-0.39, 0.29) is 66.8 Å². The molecular weight excluding hydrogens is 713 g/mol. The number of hydrogen-bond acceptors (Lipinski definition) is 8. The van der Waals surface area contributed by atoms with Crippen molar-refractivity contribution in [2.45, 2.75) is 121 Å². The van der Waals surface area contributed by atoms with Crippen molar-refractivity contribution in [3.05, 3.63) is 34.4 Å². The molecule has 2 aliphatic heterocycles. The highest BCUT2D eigenvalue weighted by Gasteiger charge is 2.44. The second-order valence-corrected chi connectivity index (χ2v) is 18.6. The molecule has 2 unspecified atom stereocenters. The van der Waals surface area contributed by atoms with E-state index in [1.165, 1.54) is 12.1 Å². The van der Waals surface area contributed by atoms with E-state index in [9.17, 15) is 32.4 Å². The summed E-state index contributed by atoms with van der Waals surface area (Å²) in [4.78, 5) is 74.4. The molecule has 2 aromatic rings. The maximum atomic E-state index is 14.4. The van der Waals surface area contributed by atoms with Crippen LogP contribution in [0.4, 0.5) is 0 Å². The molecule has 11 nitrogen and oxygen atoms in total. The van der Waals surface area contributed by atoms with Gasteiger partial charge in [0, 0.05) is 46.3 Å². The number of imide groups is 2. The number of nitrogens with one attached hydrogen (secondary N) is 1. The number of amides is 5. The van der Waals surface area contributed by atoms with Crippen LogP contribution in [0.25, 0.3) is 10.8 Å². The Labute approximate surface area is 319 Å². The van der Waals surface area contributed by atoms with E-state index in [2.05, 4.69) is 19.2 Å². The van der Waals surface area contributed by atoms with Gasteiger partial charge in [-0.15, -0.1) is 0 Å². The smallest absolute Gasteiger partial charge is 0.264 e. The molecule has 0 saturated heterocycles. The Morgan fingerprint density at radius 3 is 1.51 bits per heavy atom. The first-order chi connectivity index (χ1) is 25.1. The van der Waals surface area contributed by atoms with Gasteiger partial charge in [-0.25, -0.2) is 0 Å². The molecular formula is C40H58N4O7S2. The van der Waals surface area contributed by atoms with Gasteiger partial charge in [0.25, 0.3) is 23.6 Å². The summed E-state index contributed by atoms with van der Waals surface area (Å²) in [6, 6.07) is 2.89. The number of hydrogen-bond donors (Lipinski definition) is 1. The van der Waals surface area contributed by atoms with Gasteiger partial charge in [0.1, 0.15) is 6.67 Å². The van der Waals surface area contributed by atoms with E-state index in [0.717, 1.165) is 74.0 Å². The van der Waals surface area contributed by atoms with Gasteiger partial charge >= 0.3 is 0 Å². The molecule has 0 radical (unpaired) electrons. The van der Waals surface area contributed by atoms with Gasteiger partial charge in [0.15, 0.2) is 0 Å². The van der Waals surface area contributed by atoms with Gasteiger partial charge in [-0.05, 0) is 39.1 Å². The summed E-state index contributed by atoms with van der Waals surface area (Å²) in [6.45, 7) is 9.42. The molecule has 292 valence electrons. The maximum absolute atomic E-state index is 14.4. The number of nitrogens with zero attached hydrogens (tertiary/aromatic N) is 3. The third-order valence-corrected chi connectivity index (χ3v) is 12.9. The molecule has 0 aromatic heterocycles. The zero-order chi connectivity index (χ0) is 39.0. The quantitative estimate of drug-likeness (QED) is 0.110. The molecule has 0 saturated carbocycles. The van der Waals surface area contributed by atoms with Crippen LogP contribution < -0.4 is 5.32 Å². The van der Waals surface area contributed by atoms with Gasteiger partial charge in [0.2, 0.25) is 5.91 Å². The summed E-state index contributed by atoms with van der Waals surface area (Å²) >= 11 is 0. The van der Waals surface area contributed by atoms with E-state index in [4.69, 9.17) is 0 Å². The number of unbranched alkanes of at least 4 members (excludes halogenated alkanes) is 10. The Morgan fingerprint density at radius 2 is 1.08 bits per heavy atom. The summed E-state index contributed by atoms with van der Waals surface area (Å²) in [6.07, 6.45) is 11.6. The van der Waals surface area contributed by atoms with Gasteiger partial charge in [-0.2, -0.15) is 0 Å². The van der Waals surface area contributed by atoms with Crippen LogP contribution in [0.3, 0.4) is 0 Å². The summed E-state index contributed by atoms with van der Waals surface area (Å²) < 4.78 is 28.4. The van der Waals surface area contributed by atoms with Crippen molar-refractivity contribution in [3.8, 4) is 0 Å². The monoisotopic (exact) mass is 770 g/mol. The van der Waals surface area contributed by atoms with Gasteiger partial charge in [-0.1, -0.05) is 98.8 Å². The minimum absolute atomic E-state index is 0.00309. The fourth-order valence-corrected chi connectivity index (χ4v) is 9.47. The van der Waals surface area contributed by atoms with Gasteiger partial charge < -0.3 is 10.2 Å². The molecule has 2 aliphatic rings. The number of likely N-dealkylation sites (N-methyl/N-ethyl adjacent to an activating group) is 1. The predicted octanol–water partition coefficient (Wildman–Crippen LogP) is 6.65. The molecule has 0 spiro atoms. The largest absolute Gasteiger partial charge is 0.338 e. The Kier molecular flexibility index (Phi) is 15.1. The topological polar surface area (TPSA) is 141 Å². The third kappa shape index (κ3) is 9.69. The van der Waals surface area contributed by atoms with Crippen molar-refractivity contribution < 1.29 is 32.4 Å². The first-order valence-electron chi connectivity index (χ1n) is 19.2. The lowest BCUT2D eigenvalue weighted by molar-refractivity contribution is -0.128. The summed E-state index contributed by atoms with van der Waals surface area (Å²) in [5.41, 5.74) is -0.713. The molecule has 0 fully saturated rings. The molecule has 2 heterocycles. The van der Waals surface area contributed by atoms with Crippen LogP contribution in [0.5, 0.6) is 0 Å². The Hall–Kier alpha value is -3.29. The molecule has 1 N–H and O–H groups in total. The van der Waals surface area contributed by atoms with E-state index in [1.807, 2.05) is 19.0 Å². The second kappa shape index (κ2) is 18.8. The second-order valence-electron chi connectivity index (χ2n) is 15.5. The molecule has 2 aromatic carbocycles. The highest BCUT2D eigenvalue weighted by atomic mass is 32.2. The van der Waals surface area contributed by atoms with E-state index in [1.54, 1.807) is 20.8 Å². The summed E-state index contributed by atoms with van der Waals surface area (Å²) in [5.74, 6) is -2.64. The third-order valence-electron chi connectivity index (χ3n) is 9.91. The molecule has 4 rings (SSSR count). The van der Waals surface area contributed by atoms with Crippen LogP contribution in [0.1, 0.15) is 153 Å². The molecule has 2 atom stereocenters. The average molecular weight is 771 g/mol. The van der Waals surface area contributed by atoms with Crippen molar-refractivity contribution in [2.75, 3.05) is 45.4 Å². The number of rotatable bonds is 21. The van der Waals surface area contributed by atoms with E-state index in [0.29, 0.717) is 19.4 Å². The lowest BCUT2D eigenvalue weighted by Crippen LogP contribution is -2.50. The van der Waals surface area contributed by atoms with Crippen molar-refractivity contribution >= 4 is 61.9 Å². The first kappa shape index (κ1) is 42.5. The lowest BCUT2D eigenvalue weighted by atomic mass is 9.85. The molecule has 13 heteroatoms. The zero-order valence-corrected chi connectivity index (χ0v) is 34.3. The van der Waals surface area contributed by atoms with E-state index >= 15 is 0 Å². The van der Waals surface area contributed by atoms with Crippen molar-refractivity contribution in [1.29, 1.82) is 0 Å². The Bertz CT molecular complexity index is 1780. The Balaban J connectivity index is 1.91. The summed E-state index contributed by atoms with van der Waals surface area (Å²) in [7, 11) is 0.198. The predicted molar refractivity (Wildman–Crippen MR) is 210 cm³/mol. The fraction of sp³-hybridized carbons (Fsp3) is 0.625. The van der Waals surface area contributed by atoms with Crippen LogP contribution in [-0.4, -0.2) is 98.0 Å². The molecule has 5 amide bonds. The van der Waals surface area contributed by atoms with Crippen molar-refractivity contribution in [1.82, 2.24) is 20.0 Å². The van der Waals surface area contributed by atoms with Crippen molar-refractivity contribution in [3.63, 3.8) is 0 Å². The minimum atomic E-state index is -1.74. The highest BCUT2D eigenvalue weighted by Crippen LogP contribution is 2.43.